The molecule has 1 aromatic carbocycles. The zero-order valence-corrected chi connectivity index (χ0v) is 12.1. The lowest BCUT2D eigenvalue weighted by Gasteiger charge is -2.08. The van der Waals surface area contributed by atoms with Crippen LogP contribution in [0.15, 0.2) is 18.2 Å². The molecule has 2 aromatic rings. The van der Waals surface area contributed by atoms with E-state index >= 15 is 0 Å². The van der Waals surface area contributed by atoms with Crippen molar-refractivity contribution in [2.45, 2.75) is 33.2 Å². The first-order chi connectivity index (χ1) is 9.06. The molecule has 0 atom stereocenters. The van der Waals surface area contributed by atoms with E-state index in [1.165, 1.54) is 5.56 Å². The molecule has 0 aliphatic rings. The van der Waals surface area contributed by atoms with Crippen molar-refractivity contribution in [2.75, 3.05) is 0 Å². The van der Waals surface area contributed by atoms with Crippen LogP contribution in [0, 0.1) is 32.1 Å². The van der Waals surface area contributed by atoms with Crippen molar-refractivity contribution in [1.29, 1.82) is 5.26 Å². The molecule has 0 radical (unpaired) electrons. The molecule has 0 fully saturated rings. The van der Waals surface area contributed by atoms with Crippen LogP contribution in [0.25, 0.3) is 0 Å². The van der Waals surface area contributed by atoms with E-state index < -0.39 is 0 Å². The minimum atomic E-state index is 0.490. The van der Waals surface area contributed by atoms with E-state index in [0.717, 1.165) is 22.5 Å². The Kier molecular flexibility index (Phi) is 3.92. The third kappa shape index (κ3) is 2.64. The van der Waals surface area contributed by atoms with Gasteiger partial charge in [0.2, 0.25) is 0 Å². The van der Waals surface area contributed by atoms with Gasteiger partial charge in [-0.05, 0) is 44.0 Å². The number of nitriles is 1. The molecule has 3 nitrogen and oxygen atoms in total. The Morgan fingerprint density at radius 3 is 2.58 bits per heavy atom. The Hall–Kier alpha value is -1.79. The summed E-state index contributed by atoms with van der Waals surface area (Å²) in [6, 6.07) is 7.89. The van der Waals surface area contributed by atoms with Gasteiger partial charge in [0.05, 0.1) is 29.8 Å². The van der Waals surface area contributed by atoms with Crippen molar-refractivity contribution in [3.63, 3.8) is 0 Å². The van der Waals surface area contributed by atoms with Crippen LogP contribution in [0.1, 0.15) is 33.6 Å². The van der Waals surface area contributed by atoms with Crippen LogP contribution in [0.2, 0.25) is 0 Å². The van der Waals surface area contributed by atoms with Gasteiger partial charge in [-0.25, -0.2) is 0 Å². The Morgan fingerprint density at radius 1 is 1.32 bits per heavy atom. The van der Waals surface area contributed by atoms with E-state index in [1.807, 2.05) is 43.7 Å². The van der Waals surface area contributed by atoms with Crippen LogP contribution in [-0.4, -0.2) is 9.78 Å². The van der Waals surface area contributed by atoms with Crippen molar-refractivity contribution in [3.8, 4) is 6.07 Å². The molecule has 0 aliphatic heterocycles. The fourth-order valence-electron chi connectivity index (χ4n) is 2.19. The van der Waals surface area contributed by atoms with Crippen molar-refractivity contribution in [2.24, 2.45) is 0 Å². The Morgan fingerprint density at radius 2 is 2.05 bits per heavy atom. The fraction of sp³-hybridized carbons (Fsp3) is 0.333. The summed E-state index contributed by atoms with van der Waals surface area (Å²) in [5.41, 5.74) is 6.17. The highest BCUT2D eigenvalue weighted by Crippen LogP contribution is 2.18. The molecule has 0 saturated carbocycles. The van der Waals surface area contributed by atoms with Crippen molar-refractivity contribution >= 4 is 11.6 Å². The number of alkyl halides is 1. The summed E-state index contributed by atoms with van der Waals surface area (Å²) in [5.74, 6) is 0.490. The second-order valence-electron chi connectivity index (χ2n) is 4.69. The van der Waals surface area contributed by atoms with Crippen LogP contribution < -0.4 is 0 Å². The average Bonchev–Trinajstić information content (AvgIpc) is 2.66. The Labute approximate surface area is 118 Å². The molecule has 0 aliphatic carbocycles. The van der Waals surface area contributed by atoms with Gasteiger partial charge in [-0.2, -0.15) is 10.4 Å². The lowest BCUT2D eigenvalue weighted by molar-refractivity contribution is 0.656. The predicted molar refractivity (Wildman–Crippen MR) is 76.3 cm³/mol. The van der Waals surface area contributed by atoms with Crippen molar-refractivity contribution < 1.29 is 0 Å². The van der Waals surface area contributed by atoms with Crippen molar-refractivity contribution in [1.82, 2.24) is 9.78 Å². The van der Waals surface area contributed by atoms with E-state index in [-0.39, 0.29) is 0 Å². The van der Waals surface area contributed by atoms with Gasteiger partial charge >= 0.3 is 0 Å². The maximum absolute atomic E-state index is 8.88. The fourth-order valence-corrected chi connectivity index (χ4v) is 2.57. The largest absolute Gasteiger partial charge is 0.265 e. The van der Waals surface area contributed by atoms with Crippen LogP contribution in [0.3, 0.4) is 0 Å². The van der Waals surface area contributed by atoms with Gasteiger partial charge in [0.25, 0.3) is 0 Å². The minimum Gasteiger partial charge on any atom is -0.265 e. The molecular weight excluding hydrogens is 258 g/mol. The molecular formula is C15H16ClN3. The summed E-state index contributed by atoms with van der Waals surface area (Å²) in [4.78, 5) is 0. The first-order valence-electron chi connectivity index (χ1n) is 6.15. The first kappa shape index (κ1) is 13.6. The van der Waals surface area contributed by atoms with E-state index in [1.54, 1.807) is 0 Å². The smallest absolute Gasteiger partial charge is 0.0991 e. The highest BCUT2D eigenvalue weighted by molar-refractivity contribution is 6.17. The number of hydrogen-bond donors (Lipinski definition) is 0. The average molecular weight is 274 g/mol. The number of benzene rings is 1. The molecule has 4 heteroatoms. The molecule has 98 valence electrons. The van der Waals surface area contributed by atoms with Gasteiger partial charge in [-0.3, -0.25) is 4.68 Å². The van der Waals surface area contributed by atoms with Gasteiger partial charge in [-0.15, -0.1) is 11.6 Å². The second-order valence-corrected chi connectivity index (χ2v) is 4.96. The quantitative estimate of drug-likeness (QED) is 0.804. The first-order valence-corrected chi connectivity index (χ1v) is 6.68. The van der Waals surface area contributed by atoms with E-state index in [4.69, 9.17) is 16.9 Å². The van der Waals surface area contributed by atoms with Crippen LogP contribution in [0.5, 0.6) is 0 Å². The zero-order chi connectivity index (χ0) is 14.0. The Balaban J connectivity index is 2.34. The molecule has 1 heterocycles. The summed E-state index contributed by atoms with van der Waals surface area (Å²) in [5, 5.41) is 13.4. The normalized spacial score (nSPS) is 10.5. The van der Waals surface area contributed by atoms with Crippen molar-refractivity contribution in [3.05, 3.63) is 51.8 Å². The summed E-state index contributed by atoms with van der Waals surface area (Å²) in [7, 11) is 0. The van der Waals surface area contributed by atoms with Gasteiger partial charge in [0.15, 0.2) is 0 Å². The standard InChI is InChI=1S/C15H16ClN3/c1-10-6-13(8-17)4-5-14(10)9-19-12(3)15(7-16)11(2)18-19/h4-6H,7,9H2,1-3H3. The number of aryl methyl sites for hydroxylation is 2. The maximum atomic E-state index is 8.88. The maximum Gasteiger partial charge on any atom is 0.0991 e. The molecule has 0 amide bonds. The molecule has 0 unspecified atom stereocenters. The third-order valence-corrected chi connectivity index (χ3v) is 3.72. The number of hydrogen-bond acceptors (Lipinski definition) is 2. The molecule has 2 rings (SSSR count). The SMILES string of the molecule is Cc1cc(C#N)ccc1Cn1nc(C)c(CCl)c1C. The number of halogens is 1. The monoisotopic (exact) mass is 273 g/mol. The highest BCUT2D eigenvalue weighted by atomic mass is 35.5. The highest BCUT2D eigenvalue weighted by Gasteiger charge is 2.11. The molecule has 1 aromatic heterocycles. The lowest BCUT2D eigenvalue weighted by Crippen LogP contribution is -2.05. The number of aromatic nitrogens is 2. The summed E-state index contributed by atoms with van der Waals surface area (Å²) in [6.45, 7) is 6.75. The van der Waals surface area contributed by atoms with E-state index in [0.29, 0.717) is 18.0 Å². The third-order valence-electron chi connectivity index (χ3n) is 3.46. The zero-order valence-electron chi connectivity index (χ0n) is 11.4. The van der Waals surface area contributed by atoms with Gasteiger partial charge < -0.3 is 0 Å². The molecule has 0 N–H and O–H groups in total. The van der Waals surface area contributed by atoms with Crippen LogP contribution in [0.4, 0.5) is 0 Å². The van der Waals surface area contributed by atoms with Crippen LogP contribution in [-0.2, 0) is 12.4 Å². The Bertz CT molecular complexity index is 650. The molecule has 19 heavy (non-hydrogen) atoms. The van der Waals surface area contributed by atoms with Gasteiger partial charge in [0.1, 0.15) is 0 Å². The topological polar surface area (TPSA) is 41.6 Å². The predicted octanol–water partition coefficient (Wildman–Crippen LogP) is 3.47. The molecule has 0 spiro atoms. The lowest BCUT2D eigenvalue weighted by atomic mass is 10.1. The summed E-state index contributed by atoms with van der Waals surface area (Å²) in [6.07, 6.45) is 0. The van der Waals surface area contributed by atoms with Gasteiger partial charge in [0, 0.05) is 11.3 Å². The summed E-state index contributed by atoms with van der Waals surface area (Å²) < 4.78 is 1.97. The van der Waals surface area contributed by atoms with E-state index in [2.05, 4.69) is 11.2 Å². The molecule has 0 bridgehead atoms. The van der Waals surface area contributed by atoms with Gasteiger partial charge in [-0.1, -0.05) is 6.07 Å². The van der Waals surface area contributed by atoms with Crippen LogP contribution >= 0.6 is 11.6 Å². The summed E-state index contributed by atoms with van der Waals surface area (Å²) >= 11 is 5.94. The molecule has 0 saturated heterocycles. The second kappa shape index (κ2) is 5.46. The minimum absolute atomic E-state index is 0.490. The number of rotatable bonds is 3. The van der Waals surface area contributed by atoms with E-state index in [9.17, 15) is 0 Å². The number of nitrogens with zero attached hydrogens (tertiary/aromatic N) is 3.